The van der Waals surface area contributed by atoms with E-state index in [-0.39, 0.29) is 23.8 Å². The molecular formula is C20H18N2O5. The Morgan fingerprint density at radius 2 is 1.93 bits per heavy atom. The van der Waals surface area contributed by atoms with Crippen molar-refractivity contribution in [2.45, 2.75) is 13.5 Å². The molecule has 138 valence electrons. The van der Waals surface area contributed by atoms with Crippen LogP contribution in [0.15, 0.2) is 54.2 Å². The summed E-state index contributed by atoms with van der Waals surface area (Å²) < 4.78 is 5.67. The number of rotatable bonds is 6. The zero-order valence-electron chi connectivity index (χ0n) is 14.6. The number of urea groups is 1. The number of carbonyl (C=O) groups excluding carboxylic acids is 2. The predicted octanol–water partition coefficient (Wildman–Crippen LogP) is 2.88. The van der Waals surface area contributed by atoms with Gasteiger partial charge in [-0.1, -0.05) is 24.3 Å². The predicted molar refractivity (Wildman–Crippen MR) is 98.1 cm³/mol. The summed E-state index contributed by atoms with van der Waals surface area (Å²) >= 11 is 0. The number of hydrogen-bond acceptors (Lipinski definition) is 4. The number of aromatic carboxylic acids is 1. The van der Waals surface area contributed by atoms with E-state index in [0.717, 1.165) is 16.0 Å². The highest BCUT2D eigenvalue weighted by molar-refractivity contribution is 6.13. The highest BCUT2D eigenvalue weighted by Gasteiger charge is 2.31. The topological polar surface area (TPSA) is 95.9 Å². The summed E-state index contributed by atoms with van der Waals surface area (Å²) in [5.74, 6) is -0.722. The summed E-state index contributed by atoms with van der Waals surface area (Å²) in [4.78, 5) is 35.8. The summed E-state index contributed by atoms with van der Waals surface area (Å²) in [6.45, 7) is 2.29. The van der Waals surface area contributed by atoms with Crippen LogP contribution in [0.25, 0.3) is 6.08 Å². The maximum absolute atomic E-state index is 12.1. The van der Waals surface area contributed by atoms with Crippen LogP contribution in [0.1, 0.15) is 28.4 Å². The fourth-order valence-corrected chi connectivity index (χ4v) is 2.65. The second kappa shape index (κ2) is 7.74. The van der Waals surface area contributed by atoms with Crippen molar-refractivity contribution >= 4 is 24.0 Å². The van der Waals surface area contributed by atoms with E-state index in [1.807, 2.05) is 0 Å². The van der Waals surface area contributed by atoms with Gasteiger partial charge < -0.3 is 15.2 Å². The van der Waals surface area contributed by atoms with Crippen LogP contribution in [0.3, 0.4) is 0 Å². The van der Waals surface area contributed by atoms with Crippen molar-refractivity contribution in [2.24, 2.45) is 0 Å². The van der Waals surface area contributed by atoms with Crippen LogP contribution in [-0.4, -0.2) is 34.5 Å². The Morgan fingerprint density at radius 1 is 1.19 bits per heavy atom. The van der Waals surface area contributed by atoms with E-state index in [2.05, 4.69) is 5.32 Å². The summed E-state index contributed by atoms with van der Waals surface area (Å²) in [6.07, 6.45) is 1.61. The average molecular weight is 366 g/mol. The van der Waals surface area contributed by atoms with Crippen LogP contribution in [-0.2, 0) is 11.4 Å². The SMILES string of the molecule is CCN1C(=O)NC(=Cc2ccc(OCc3cccc(C(=O)O)c3)cc2)C1=O. The molecule has 1 aliphatic rings. The van der Waals surface area contributed by atoms with E-state index in [9.17, 15) is 14.4 Å². The molecule has 0 radical (unpaired) electrons. The number of imide groups is 1. The molecule has 1 saturated heterocycles. The van der Waals surface area contributed by atoms with E-state index < -0.39 is 12.0 Å². The van der Waals surface area contributed by atoms with Gasteiger partial charge in [-0.2, -0.15) is 0 Å². The molecular weight excluding hydrogens is 348 g/mol. The average Bonchev–Trinajstić information content (AvgIpc) is 2.94. The van der Waals surface area contributed by atoms with Gasteiger partial charge in [0.05, 0.1) is 5.56 Å². The molecule has 1 aliphatic heterocycles. The van der Waals surface area contributed by atoms with Crippen molar-refractivity contribution in [3.05, 3.63) is 70.9 Å². The first-order chi connectivity index (χ1) is 13.0. The zero-order chi connectivity index (χ0) is 19.4. The summed E-state index contributed by atoms with van der Waals surface area (Å²) in [6, 6.07) is 13.2. The number of likely N-dealkylation sites (N-methyl/N-ethyl adjacent to an activating group) is 1. The van der Waals surface area contributed by atoms with Crippen molar-refractivity contribution in [1.29, 1.82) is 0 Å². The number of nitrogens with one attached hydrogen (secondary N) is 1. The third-order valence-electron chi connectivity index (χ3n) is 4.05. The number of nitrogens with zero attached hydrogens (tertiary/aromatic N) is 1. The Hall–Kier alpha value is -3.61. The third-order valence-corrected chi connectivity index (χ3v) is 4.05. The smallest absolute Gasteiger partial charge is 0.335 e. The number of ether oxygens (including phenoxy) is 1. The van der Waals surface area contributed by atoms with Crippen LogP contribution in [0, 0.1) is 0 Å². The third kappa shape index (κ3) is 4.14. The number of carbonyl (C=O) groups is 3. The van der Waals surface area contributed by atoms with Gasteiger partial charge in [0.1, 0.15) is 18.1 Å². The van der Waals surface area contributed by atoms with Crippen LogP contribution >= 0.6 is 0 Å². The largest absolute Gasteiger partial charge is 0.489 e. The molecule has 0 bridgehead atoms. The van der Waals surface area contributed by atoms with Crippen LogP contribution < -0.4 is 10.1 Å². The van der Waals surface area contributed by atoms with Crippen molar-refractivity contribution in [2.75, 3.05) is 6.54 Å². The first-order valence-corrected chi connectivity index (χ1v) is 8.37. The standard InChI is InChI=1S/C20H18N2O5/c1-2-22-18(23)17(21-20(22)26)11-13-6-8-16(9-7-13)27-12-14-4-3-5-15(10-14)19(24)25/h3-11H,2,12H2,1H3,(H,21,26)(H,24,25). The van der Waals surface area contributed by atoms with E-state index >= 15 is 0 Å². The molecule has 27 heavy (non-hydrogen) atoms. The molecule has 2 aromatic carbocycles. The van der Waals surface area contributed by atoms with Gasteiger partial charge in [-0.15, -0.1) is 0 Å². The first kappa shape index (κ1) is 18.2. The van der Waals surface area contributed by atoms with Gasteiger partial charge in [0.15, 0.2) is 0 Å². The maximum Gasteiger partial charge on any atom is 0.335 e. The van der Waals surface area contributed by atoms with Gasteiger partial charge in [-0.05, 0) is 48.4 Å². The molecule has 7 heteroatoms. The summed E-state index contributed by atoms with van der Waals surface area (Å²) in [5, 5.41) is 11.6. The van der Waals surface area contributed by atoms with Gasteiger partial charge in [0, 0.05) is 6.54 Å². The van der Waals surface area contributed by atoms with Gasteiger partial charge in [0.2, 0.25) is 0 Å². The van der Waals surface area contributed by atoms with Crippen molar-refractivity contribution in [3.8, 4) is 5.75 Å². The first-order valence-electron chi connectivity index (χ1n) is 8.37. The van der Waals surface area contributed by atoms with Gasteiger partial charge in [-0.25, -0.2) is 9.59 Å². The van der Waals surface area contributed by atoms with Crippen molar-refractivity contribution in [3.63, 3.8) is 0 Å². The maximum atomic E-state index is 12.1. The Morgan fingerprint density at radius 3 is 2.56 bits per heavy atom. The summed E-state index contributed by atoms with van der Waals surface area (Å²) in [5.41, 5.74) is 1.94. The van der Waals surface area contributed by atoms with E-state index in [1.165, 1.54) is 6.07 Å². The highest BCUT2D eigenvalue weighted by Crippen LogP contribution is 2.18. The molecule has 0 unspecified atom stereocenters. The van der Waals surface area contributed by atoms with E-state index in [0.29, 0.717) is 12.3 Å². The molecule has 3 rings (SSSR count). The van der Waals surface area contributed by atoms with Crippen LogP contribution in [0.4, 0.5) is 4.79 Å². The minimum Gasteiger partial charge on any atom is -0.489 e. The molecule has 0 aromatic heterocycles. The monoisotopic (exact) mass is 366 g/mol. The number of benzene rings is 2. The lowest BCUT2D eigenvalue weighted by Gasteiger charge is -2.07. The lowest BCUT2D eigenvalue weighted by molar-refractivity contribution is -0.122. The van der Waals surface area contributed by atoms with Gasteiger partial charge in [0.25, 0.3) is 5.91 Å². The lowest BCUT2D eigenvalue weighted by Crippen LogP contribution is -2.30. The quantitative estimate of drug-likeness (QED) is 0.605. The molecule has 1 fully saturated rings. The normalized spacial score (nSPS) is 15.1. The molecule has 0 atom stereocenters. The van der Waals surface area contributed by atoms with Crippen LogP contribution in [0.2, 0.25) is 0 Å². The Labute approximate surface area is 155 Å². The zero-order valence-corrected chi connectivity index (χ0v) is 14.6. The number of hydrogen-bond donors (Lipinski definition) is 2. The number of amides is 3. The van der Waals surface area contributed by atoms with Gasteiger partial charge in [-0.3, -0.25) is 9.69 Å². The fourth-order valence-electron chi connectivity index (χ4n) is 2.65. The summed E-state index contributed by atoms with van der Waals surface area (Å²) in [7, 11) is 0. The minimum absolute atomic E-state index is 0.211. The fraction of sp³-hybridized carbons (Fsp3) is 0.150. The molecule has 0 saturated carbocycles. The molecule has 1 heterocycles. The Bertz CT molecular complexity index is 918. The lowest BCUT2D eigenvalue weighted by atomic mass is 10.1. The van der Waals surface area contributed by atoms with Crippen molar-refractivity contribution < 1.29 is 24.2 Å². The van der Waals surface area contributed by atoms with Crippen LogP contribution in [0.5, 0.6) is 5.75 Å². The molecule has 7 nitrogen and oxygen atoms in total. The molecule has 2 N–H and O–H groups in total. The van der Waals surface area contributed by atoms with Gasteiger partial charge >= 0.3 is 12.0 Å². The Balaban J connectivity index is 1.65. The molecule has 3 amide bonds. The Kier molecular flexibility index (Phi) is 5.21. The van der Waals surface area contributed by atoms with E-state index in [4.69, 9.17) is 9.84 Å². The second-order valence-electron chi connectivity index (χ2n) is 5.90. The molecule has 0 spiro atoms. The minimum atomic E-state index is -0.982. The molecule has 0 aliphatic carbocycles. The van der Waals surface area contributed by atoms with Crippen molar-refractivity contribution in [1.82, 2.24) is 10.2 Å². The second-order valence-corrected chi connectivity index (χ2v) is 5.90. The molecule has 2 aromatic rings. The number of carboxylic acid groups (broad SMARTS) is 1. The number of carboxylic acids is 1. The van der Waals surface area contributed by atoms with E-state index in [1.54, 1.807) is 55.5 Å². The highest BCUT2D eigenvalue weighted by atomic mass is 16.5.